The average Bonchev–Trinajstić information content (AvgIpc) is 2.48. The van der Waals surface area contributed by atoms with Crippen molar-refractivity contribution in [2.45, 2.75) is 65.4 Å². The van der Waals surface area contributed by atoms with E-state index in [0.29, 0.717) is 16.9 Å². The first-order valence-electron chi connectivity index (χ1n) is 9.52. The second-order valence-corrected chi connectivity index (χ2v) is 7.61. The van der Waals surface area contributed by atoms with E-state index in [1.807, 2.05) is 0 Å². The summed E-state index contributed by atoms with van der Waals surface area (Å²) in [5.74, 6) is 0. The zero-order valence-corrected chi connectivity index (χ0v) is 15.4. The summed E-state index contributed by atoms with van der Waals surface area (Å²) >= 11 is 0. The third kappa shape index (κ3) is 5.42. The van der Waals surface area contributed by atoms with Crippen molar-refractivity contribution < 1.29 is 18.9 Å². The average molecular weight is 328 g/mol. The topological polar surface area (TPSA) is 36.9 Å². The van der Waals surface area contributed by atoms with Gasteiger partial charge >= 0.3 is 0 Å². The van der Waals surface area contributed by atoms with Crippen LogP contribution >= 0.6 is 0 Å². The molecule has 0 aromatic heterocycles. The van der Waals surface area contributed by atoms with Gasteiger partial charge in [-0.05, 0) is 32.1 Å². The smallest absolute Gasteiger partial charge is 0.0576 e. The first-order chi connectivity index (χ1) is 11.2. The molecule has 2 aliphatic rings. The highest BCUT2D eigenvalue weighted by molar-refractivity contribution is 4.85. The highest BCUT2D eigenvalue weighted by atomic mass is 16.5. The van der Waals surface area contributed by atoms with Gasteiger partial charge in [0, 0.05) is 17.4 Å². The Kier molecular flexibility index (Phi) is 7.80. The fraction of sp³-hybridized carbons (Fsp3) is 1.00. The van der Waals surface area contributed by atoms with Gasteiger partial charge in [0.05, 0.1) is 45.7 Å². The van der Waals surface area contributed by atoms with Crippen LogP contribution in [0.4, 0.5) is 0 Å². The lowest BCUT2D eigenvalue weighted by Crippen LogP contribution is -2.46. The summed E-state index contributed by atoms with van der Waals surface area (Å²) in [7, 11) is 0. The number of rotatable bonds is 13. The molecule has 4 nitrogen and oxygen atoms in total. The van der Waals surface area contributed by atoms with Gasteiger partial charge in [-0.15, -0.1) is 0 Å². The van der Waals surface area contributed by atoms with Crippen LogP contribution in [0.2, 0.25) is 0 Å². The molecule has 0 saturated carbocycles. The van der Waals surface area contributed by atoms with Crippen LogP contribution in [-0.4, -0.2) is 52.4 Å². The zero-order chi connectivity index (χ0) is 16.6. The summed E-state index contributed by atoms with van der Waals surface area (Å²) in [4.78, 5) is 0. The van der Waals surface area contributed by atoms with Crippen molar-refractivity contribution in [2.24, 2.45) is 10.8 Å². The first kappa shape index (κ1) is 19.2. The molecule has 2 aliphatic heterocycles. The Bertz CT molecular complexity index is 312. The Morgan fingerprint density at radius 2 is 1.48 bits per heavy atom. The van der Waals surface area contributed by atoms with Crippen molar-refractivity contribution in [3.8, 4) is 0 Å². The van der Waals surface area contributed by atoms with E-state index < -0.39 is 0 Å². The minimum atomic E-state index is 0.292. The van der Waals surface area contributed by atoms with Crippen molar-refractivity contribution in [1.82, 2.24) is 0 Å². The summed E-state index contributed by atoms with van der Waals surface area (Å²) < 4.78 is 22.8. The van der Waals surface area contributed by atoms with Crippen molar-refractivity contribution in [2.75, 3.05) is 46.2 Å². The van der Waals surface area contributed by atoms with Crippen LogP contribution in [0.5, 0.6) is 0 Å². The summed E-state index contributed by atoms with van der Waals surface area (Å²) in [5, 5.41) is 0. The molecule has 23 heavy (non-hydrogen) atoms. The number of ether oxygens (including phenoxy) is 4. The second kappa shape index (κ2) is 9.36. The molecule has 0 bridgehead atoms. The molecule has 0 spiro atoms. The predicted octanol–water partition coefficient (Wildman–Crippen LogP) is 3.82. The fourth-order valence-corrected chi connectivity index (χ4v) is 3.19. The summed E-state index contributed by atoms with van der Waals surface area (Å²) in [5.41, 5.74) is 0.595. The van der Waals surface area contributed by atoms with Crippen LogP contribution in [0.3, 0.4) is 0 Å². The monoisotopic (exact) mass is 328 g/mol. The van der Waals surface area contributed by atoms with Crippen LogP contribution in [0.1, 0.15) is 59.3 Å². The van der Waals surface area contributed by atoms with E-state index in [4.69, 9.17) is 18.9 Å². The SMILES string of the molecule is CCCC(CCCOCC1(CC)COC1)OCC1(CC)COC1. The molecular formula is C19H36O4. The van der Waals surface area contributed by atoms with Crippen LogP contribution < -0.4 is 0 Å². The molecule has 4 heteroatoms. The third-order valence-corrected chi connectivity index (χ3v) is 5.59. The van der Waals surface area contributed by atoms with E-state index >= 15 is 0 Å². The summed E-state index contributed by atoms with van der Waals surface area (Å²) in [6.45, 7) is 12.7. The molecule has 0 radical (unpaired) electrons. The number of hydrogen-bond acceptors (Lipinski definition) is 4. The van der Waals surface area contributed by atoms with E-state index in [1.165, 1.54) is 6.42 Å². The van der Waals surface area contributed by atoms with E-state index in [9.17, 15) is 0 Å². The van der Waals surface area contributed by atoms with Gasteiger partial charge in [-0.2, -0.15) is 0 Å². The van der Waals surface area contributed by atoms with Crippen molar-refractivity contribution in [1.29, 1.82) is 0 Å². The van der Waals surface area contributed by atoms with E-state index in [-0.39, 0.29) is 0 Å². The normalized spacial score (nSPS) is 23.1. The van der Waals surface area contributed by atoms with E-state index in [2.05, 4.69) is 20.8 Å². The molecular weight excluding hydrogens is 292 g/mol. The van der Waals surface area contributed by atoms with Gasteiger partial charge in [0.1, 0.15) is 0 Å². The molecule has 0 aromatic carbocycles. The van der Waals surface area contributed by atoms with Gasteiger partial charge in [0.25, 0.3) is 0 Å². The maximum absolute atomic E-state index is 6.23. The Labute approximate surface area is 142 Å². The van der Waals surface area contributed by atoms with Gasteiger partial charge in [0.2, 0.25) is 0 Å². The van der Waals surface area contributed by atoms with Crippen LogP contribution in [-0.2, 0) is 18.9 Å². The highest BCUT2D eigenvalue weighted by Gasteiger charge is 2.38. The van der Waals surface area contributed by atoms with Crippen molar-refractivity contribution >= 4 is 0 Å². The fourth-order valence-electron chi connectivity index (χ4n) is 3.19. The second-order valence-electron chi connectivity index (χ2n) is 7.61. The maximum atomic E-state index is 6.23. The molecule has 0 aliphatic carbocycles. The Morgan fingerprint density at radius 3 is 1.96 bits per heavy atom. The Morgan fingerprint density at radius 1 is 0.870 bits per heavy atom. The largest absolute Gasteiger partial charge is 0.381 e. The molecule has 0 N–H and O–H groups in total. The molecule has 2 heterocycles. The van der Waals surface area contributed by atoms with Gasteiger partial charge in [-0.3, -0.25) is 0 Å². The quantitative estimate of drug-likeness (QED) is 0.482. The Hall–Kier alpha value is -0.160. The predicted molar refractivity (Wildman–Crippen MR) is 91.8 cm³/mol. The van der Waals surface area contributed by atoms with Crippen LogP contribution in [0.15, 0.2) is 0 Å². The van der Waals surface area contributed by atoms with Gasteiger partial charge in [0.15, 0.2) is 0 Å². The number of hydrogen-bond donors (Lipinski definition) is 0. The minimum Gasteiger partial charge on any atom is -0.381 e. The summed E-state index contributed by atoms with van der Waals surface area (Å²) in [6, 6.07) is 0. The van der Waals surface area contributed by atoms with Crippen LogP contribution in [0.25, 0.3) is 0 Å². The third-order valence-electron chi connectivity index (χ3n) is 5.59. The van der Waals surface area contributed by atoms with E-state index in [1.54, 1.807) is 0 Å². The molecule has 2 rings (SSSR count). The highest BCUT2D eigenvalue weighted by Crippen LogP contribution is 2.33. The lowest BCUT2D eigenvalue weighted by atomic mass is 9.84. The molecule has 0 aromatic rings. The Balaban J connectivity index is 1.58. The van der Waals surface area contributed by atoms with Gasteiger partial charge < -0.3 is 18.9 Å². The molecule has 1 atom stereocenters. The lowest BCUT2D eigenvalue weighted by Gasteiger charge is -2.41. The lowest BCUT2D eigenvalue weighted by molar-refractivity contribution is -0.163. The molecule has 2 saturated heterocycles. The van der Waals surface area contributed by atoms with E-state index in [0.717, 1.165) is 78.4 Å². The van der Waals surface area contributed by atoms with Crippen molar-refractivity contribution in [3.63, 3.8) is 0 Å². The maximum Gasteiger partial charge on any atom is 0.0576 e. The zero-order valence-electron chi connectivity index (χ0n) is 15.4. The molecule has 0 amide bonds. The molecule has 1 unspecified atom stereocenters. The van der Waals surface area contributed by atoms with Crippen molar-refractivity contribution in [3.05, 3.63) is 0 Å². The molecule has 136 valence electrons. The standard InChI is InChI=1S/C19H36O4/c1-4-8-17(23-16-19(6-3)14-22-15-19)9-7-10-20-11-18(5-2)12-21-13-18/h17H,4-16H2,1-3H3. The molecule has 2 fully saturated rings. The first-order valence-corrected chi connectivity index (χ1v) is 9.52. The minimum absolute atomic E-state index is 0.292. The summed E-state index contributed by atoms with van der Waals surface area (Å²) in [6.07, 6.45) is 7.18. The van der Waals surface area contributed by atoms with Gasteiger partial charge in [-0.25, -0.2) is 0 Å². The van der Waals surface area contributed by atoms with Gasteiger partial charge in [-0.1, -0.05) is 27.2 Å². The van der Waals surface area contributed by atoms with Crippen LogP contribution in [0, 0.1) is 10.8 Å².